The Bertz CT molecular complexity index is 1480. The van der Waals surface area contributed by atoms with Crippen LogP contribution >= 0.6 is 11.3 Å². The third kappa shape index (κ3) is 4.27. The minimum atomic E-state index is -0.744. The standard InChI is InChI=1S/C24H21N3O6S/c1-4-33-18-10-8-16(9-11-18)21-20(23(29)32-3)14(2)25-24-26(21)22(28)19(34-24)13-15-6-5-7-17(12-15)27(30)31/h5-13,21H,4H2,1-3H3/b19-13-. The van der Waals surface area contributed by atoms with Crippen LogP contribution in [0.15, 0.2) is 69.6 Å². The predicted molar refractivity (Wildman–Crippen MR) is 126 cm³/mol. The number of fused-ring (bicyclic) bond motifs is 1. The topological polar surface area (TPSA) is 113 Å². The number of nitro benzene ring substituents is 1. The molecule has 0 fully saturated rings. The molecule has 0 aliphatic carbocycles. The van der Waals surface area contributed by atoms with E-state index in [9.17, 15) is 19.7 Å². The van der Waals surface area contributed by atoms with E-state index in [0.29, 0.717) is 38.5 Å². The SMILES string of the molecule is CCOc1ccc(C2C(C(=O)OC)=C(C)N=c3s/c(=C\c4cccc([N+](=O)[O-])c4)c(=O)n32)cc1. The molecule has 1 unspecified atom stereocenters. The molecular weight excluding hydrogens is 458 g/mol. The van der Waals surface area contributed by atoms with Crippen LogP contribution in [0.3, 0.4) is 0 Å². The molecular formula is C24H21N3O6S. The number of rotatable bonds is 6. The third-order valence-electron chi connectivity index (χ3n) is 5.31. The van der Waals surface area contributed by atoms with Gasteiger partial charge < -0.3 is 9.47 Å². The van der Waals surface area contributed by atoms with E-state index in [1.807, 2.05) is 6.92 Å². The molecule has 0 amide bonds. The first-order valence-corrected chi connectivity index (χ1v) is 11.2. The molecule has 174 valence electrons. The smallest absolute Gasteiger partial charge is 0.338 e. The molecule has 3 aromatic rings. The summed E-state index contributed by atoms with van der Waals surface area (Å²) in [6.07, 6.45) is 1.59. The van der Waals surface area contributed by atoms with Gasteiger partial charge in [-0.3, -0.25) is 19.5 Å². The second-order valence-corrected chi connectivity index (χ2v) is 8.44. The lowest BCUT2D eigenvalue weighted by atomic mass is 9.96. The number of esters is 1. The summed E-state index contributed by atoms with van der Waals surface area (Å²) in [6, 6.07) is 12.4. The first kappa shape index (κ1) is 23.1. The Morgan fingerprint density at radius 3 is 2.65 bits per heavy atom. The van der Waals surface area contributed by atoms with Gasteiger partial charge >= 0.3 is 5.97 Å². The number of non-ortho nitro benzene ring substituents is 1. The van der Waals surface area contributed by atoms with Crippen LogP contribution in [0.25, 0.3) is 6.08 Å². The number of hydrogen-bond acceptors (Lipinski definition) is 8. The molecule has 34 heavy (non-hydrogen) atoms. The minimum absolute atomic E-state index is 0.0717. The van der Waals surface area contributed by atoms with E-state index in [1.54, 1.807) is 49.4 Å². The fourth-order valence-corrected chi connectivity index (χ4v) is 4.85. The van der Waals surface area contributed by atoms with Crippen molar-refractivity contribution in [2.75, 3.05) is 13.7 Å². The Morgan fingerprint density at radius 2 is 2.00 bits per heavy atom. The molecule has 1 atom stereocenters. The summed E-state index contributed by atoms with van der Waals surface area (Å²) in [5.41, 5.74) is 1.50. The van der Waals surface area contributed by atoms with Crippen LogP contribution in [0.1, 0.15) is 31.0 Å². The fraction of sp³-hybridized carbons (Fsp3) is 0.208. The van der Waals surface area contributed by atoms with Crippen LogP contribution in [-0.2, 0) is 9.53 Å². The average molecular weight is 480 g/mol. The number of thiazole rings is 1. The van der Waals surface area contributed by atoms with Crippen molar-refractivity contribution < 1.29 is 19.2 Å². The van der Waals surface area contributed by atoms with Gasteiger partial charge in [0, 0.05) is 12.1 Å². The summed E-state index contributed by atoms with van der Waals surface area (Å²) in [4.78, 5) is 41.7. The van der Waals surface area contributed by atoms with Gasteiger partial charge in [0.2, 0.25) is 0 Å². The van der Waals surface area contributed by atoms with Crippen molar-refractivity contribution in [3.8, 4) is 5.75 Å². The lowest BCUT2D eigenvalue weighted by molar-refractivity contribution is -0.384. The highest BCUT2D eigenvalue weighted by molar-refractivity contribution is 7.07. The highest BCUT2D eigenvalue weighted by Gasteiger charge is 2.33. The number of carbonyl (C=O) groups is 1. The van der Waals surface area contributed by atoms with Crippen LogP contribution < -0.4 is 19.6 Å². The first-order valence-electron chi connectivity index (χ1n) is 10.4. The lowest BCUT2D eigenvalue weighted by Gasteiger charge is -2.24. The molecule has 2 aromatic carbocycles. The van der Waals surface area contributed by atoms with Crippen molar-refractivity contribution in [1.29, 1.82) is 0 Å². The summed E-state index contributed by atoms with van der Waals surface area (Å²) in [6.45, 7) is 4.10. The van der Waals surface area contributed by atoms with Crippen LogP contribution in [0.2, 0.25) is 0 Å². The van der Waals surface area contributed by atoms with Crippen molar-refractivity contribution in [3.05, 3.63) is 101 Å². The van der Waals surface area contributed by atoms with Crippen LogP contribution in [0, 0.1) is 10.1 Å². The molecule has 0 radical (unpaired) electrons. The van der Waals surface area contributed by atoms with Crippen molar-refractivity contribution in [1.82, 2.24) is 4.57 Å². The van der Waals surface area contributed by atoms with Crippen molar-refractivity contribution in [3.63, 3.8) is 0 Å². The zero-order valence-corrected chi connectivity index (χ0v) is 19.5. The molecule has 0 N–H and O–H groups in total. The van der Waals surface area contributed by atoms with Crippen molar-refractivity contribution in [2.45, 2.75) is 19.9 Å². The maximum absolute atomic E-state index is 13.5. The quantitative estimate of drug-likeness (QED) is 0.305. The van der Waals surface area contributed by atoms with Gasteiger partial charge in [-0.25, -0.2) is 9.79 Å². The van der Waals surface area contributed by atoms with E-state index in [1.165, 1.54) is 23.8 Å². The summed E-state index contributed by atoms with van der Waals surface area (Å²) in [5, 5.41) is 11.1. The normalized spacial score (nSPS) is 15.5. The summed E-state index contributed by atoms with van der Waals surface area (Å²) < 4.78 is 12.3. The number of ether oxygens (including phenoxy) is 2. The van der Waals surface area contributed by atoms with Gasteiger partial charge in [-0.05, 0) is 43.2 Å². The highest BCUT2D eigenvalue weighted by atomic mass is 32.1. The van der Waals surface area contributed by atoms with Gasteiger partial charge in [-0.15, -0.1) is 0 Å². The molecule has 9 nitrogen and oxygen atoms in total. The summed E-state index contributed by atoms with van der Waals surface area (Å²) in [5.74, 6) is 0.0951. The number of nitro groups is 1. The number of methoxy groups -OCH3 is 1. The maximum Gasteiger partial charge on any atom is 0.338 e. The van der Waals surface area contributed by atoms with Crippen LogP contribution in [-0.4, -0.2) is 29.2 Å². The minimum Gasteiger partial charge on any atom is -0.494 e. The van der Waals surface area contributed by atoms with E-state index >= 15 is 0 Å². The van der Waals surface area contributed by atoms with Gasteiger partial charge in [0.15, 0.2) is 4.80 Å². The second-order valence-electron chi connectivity index (χ2n) is 7.43. The first-order chi connectivity index (χ1) is 16.3. The lowest BCUT2D eigenvalue weighted by Crippen LogP contribution is -2.39. The number of aromatic nitrogens is 1. The van der Waals surface area contributed by atoms with E-state index in [4.69, 9.17) is 9.47 Å². The fourth-order valence-electron chi connectivity index (χ4n) is 3.80. The Morgan fingerprint density at radius 1 is 1.26 bits per heavy atom. The van der Waals surface area contributed by atoms with Gasteiger partial charge in [0.1, 0.15) is 5.75 Å². The van der Waals surface area contributed by atoms with Gasteiger partial charge in [-0.2, -0.15) is 0 Å². The van der Waals surface area contributed by atoms with E-state index in [-0.39, 0.29) is 16.8 Å². The Hall–Kier alpha value is -4.05. The number of carbonyl (C=O) groups excluding carboxylic acids is 1. The Balaban J connectivity index is 1.91. The zero-order chi connectivity index (χ0) is 24.4. The van der Waals surface area contributed by atoms with E-state index in [0.717, 1.165) is 11.3 Å². The van der Waals surface area contributed by atoms with E-state index < -0.39 is 16.9 Å². The Kier molecular flexibility index (Phi) is 6.42. The molecule has 10 heteroatoms. The Labute approximate surface area is 198 Å². The van der Waals surface area contributed by atoms with Crippen molar-refractivity contribution >= 4 is 29.1 Å². The maximum atomic E-state index is 13.5. The number of nitrogens with zero attached hydrogens (tertiary/aromatic N) is 3. The van der Waals surface area contributed by atoms with Crippen molar-refractivity contribution in [2.24, 2.45) is 4.99 Å². The van der Waals surface area contributed by atoms with E-state index in [2.05, 4.69) is 4.99 Å². The third-order valence-corrected chi connectivity index (χ3v) is 6.30. The molecule has 1 aliphatic rings. The monoisotopic (exact) mass is 479 g/mol. The van der Waals surface area contributed by atoms with Gasteiger partial charge in [0.05, 0.1) is 40.5 Å². The molecule has 4 rings (SSSR count). The van der Waals surface area contributed by atoms with Crippen LogP contribution in [0.4, 0.5) is 5.69 Å². The molecule has 1 aliphatic heterocycles. The number of benzene rings is 2. The molecule has 1 aromatic heterocycles. The zero-order valence-electron chi connectivity index (χ0n) is 18.7. The van der Waals surface area contributed by atoms with Gasteiger partial charge in [-0.1, -0.05) is 35.6 Å². The molecule has 0 spiro atoms. The molecule has 0 bridgehead atoms. The number of hydrogen-bond donors (Lipinski definition) is 0. The number of allylic oxidation sites excluding steroid dienone is 1. The second kappa shape index (κ2) is 9.44. The van der Waals surface area contributed by atoms with Gasteiger partial charge in [0.25, 0.3) is 11.2 Å². The highest BCUT2D eigenvalue weighted by Crippen LogP contribution is 2.31. The van der Waals surface area contributed by atoms with Crippen LogP contribution in [0.5, 0.6) is 5.75 Å². The predicted octanol–water partition coefficient (Wildman–Crippen LogP) is 2.72. The molecule has 0 saturated heterocycles. The average Bonchev–Trinajstić information content (AvgIpc) is 3.13. The largest absolute Gasteiger partial charge is 0.494 e. The molecule has 0 saturated carbocycles. The molecule has 2 heterocycles. The summed E-state index contributed by atoms with van der Waals surface area (Å²) >= 11 is 1.15. The summed E-state index contributed by atoms with van der Waals surface area (Å²) in [7, 11) is 1.28.